The number of nitrogens with zero attached hydrogens (tertiary/aromatic N) is 2. The molecule has 0 spiro atoms. The molecule has 2 aromatic rings. The molecule has 0 bridgehead atoms. The number of aryl methyl sites for hydroxylation is 2. The van der Waals surface area contributed by atoms with E-state index in [0.717, 1.165) is 5.56 Å². The molecule has 2 rings (SSSR count). The molecule has 1 aromatic carbocycles. The van der Waals surface area contributed by atoms with Crippen molar-refractivity contribution in [2.24, 2.45) is 0 Å². The summed E-state index contributed by atoms with van der Waals surface area (Å²) in [6.07, 6.45) is 1.37. The van der Waals surface area contributed by atoms with Gasteiger partial charge < -0.3 is 9.90 Å². The number of carbonyl (C=O) groups is 2. The summed E-state index contributed by atoms with van der Waals surface area (Å²) in [6, 6.07) is 7.62. The quantitative estimate of drug-likeness (QED) is 0.762. The normalized spacial score (nSPS) is 12.1. The maximum atomic E-state index is 12.1. The van der Waals surface area contributed by atoms with Gasteiger partial charge in [0.05, 0.1) is 17.7 Å². The topological polar surface area (TPSA) is 75.0 Å². The van der Waals surface area contributed by atoms with Crippen LogP contribution in [0.15, 0.2) is 36.5 Å². The second-order valence-electron chi connectivity index (χ2n) is 4.77. The number of benzene rings is 1. The van der Waals surface area contributed by atoms with Crippen LogP contribution in [-0.2, 0) is 4.79 Å². The van der Waals surface area contributed by atoms with Gasteiger partial charge in [0.15, 0.2) is 5.78 Å². The Morgan fingerprint density at radius 2 is 1.85 bits per heavy atom. The monoisotopic (exact) mass is 271 g/mol. The van der Waals surface area contributed by atoms with Crippen LogP contribution in [0.2, 0.25) is 0 Å². The number of aliphatic carboxylic acids is 1. The summed E-state index contributed by atoms with van der Waals surface area (Å²) in [7, 11) is 0. The summed E-state index contributed by atoms with van der Waals surface area (Å²) in [6.45, 7) is 3.68. The molecule has 1 aromatic heterocycles. The van der Waals surface area contributed by atoms with E-state index in [0.29, 0.717) is 11.3 Å². The average Bonchev–Trinajstić information content (AvgIpc) is 2.82. The minimum absolute atomic E-state index is 0.174. The molecule has 0 N–H and O–H groups in total. The molecule has 0 unspecified atom stereocenters. The summed E-state index contributed by atoms with van der Waals surface area (Å²) < 4.78 is 1.26. The number of carboxylic acid groups (broad SMARTS) is 1. The van der Waals surface area contributed by atoms with Gasteiger partial charge in [0.25, 0.3) is 0 Å². The van der Waals surface area contributed by atoms with Crippen molar-refractivity contribution in [2.75, 3.05) is 0 Å². The number of aromatic nitrogens is 2. The maximum absolute atomic E-state index is 12.1. The van der Waals surface area contributed by atoms with E-state index in [4.69, 9.17) is 0 Å². The van der Waals surface area contributed by atoms with Gasteiger partial charge in [0.2, 0.25) is 0 Å². The summed E-state index contributed by atoms with van der Waals surface area (Å²) >= 11 is 0. The van der Waals surface area contributed by atoms with E-state index >= 15 is 0 Å². The number of rotatable bonds is 5. The second kappa shape index (κ2) is 5.69. The van der Waals surface area contributed by atoms with Gasteiger partial charge >= 0.3 is 0 Å². The lowest BCUT2D eigenvalue weighted by Gasteiger charge is -2.18. The molecule has 20 heavy (non-hydrogen) atoms. The third-order valence-corrected chi connectivity index (χ3v) is 3.09. The fraction of sp³-hybridized carbons (Fsp3) is 0.267. The van der Waals surface area contributed by atoms with Crippen molar-refractivity contribution in [3.05, 3.63) is 53.3 Å². The van der Waals surface area contributed by atoms with E-state index < -0.39 is 12.0 Å². The molecule has 1 heterocycles. The zero-order valence-electron chi connectivity index (χ0n) is 11.4. The van der Waals surface area contributed by atoms with Crippen LogP contribution in [0, 0.1) is 13.8 Å². The van der Waals surface area contributed by atoms with Crippen LogP contribution in [0.1, 0.15) is 34.1 Å². The smallest absolute Gasteiger partial charge is 0.165 e. The van der Waals surface area contributed by atoms with Crippen LogP contribution in [-0.4, -0.2) is 21.5 Å². The summed E-state index contributed by atoms with van der Waals surface area (Å²) in [5.41, 5.74) is 2.23. The van der Waals surface area contributed by atoms with E-state index in [9.17, 15) is 14.7 Å². The van der Waals surface area contributed by atoms with Gasteiger partial charge in [-0.15, -0.1) is 0 Å². The predicted molar refractivity (Wildman–Crippen MR) is 71.1 cm³/mol. The van der Waals surface area contributed by atoms with Gasteiger partial charge in [-0.3, -0.25) is 9.48 Å². The van der Waals surface area contributed by atoms with Crippen molar-refractivity contribution in [3.8, 4) is 0 Å². The zero-order chi connectivity index (χ0) is 14.7. The van der Waals surface area contributed by atoms with Crippen LogP contribution in [0.25, 0.3) is 0 Å². The van der Waals surface area contributed by atoms with Crippen LogP contribution in [0.3, 0.4) is 0 Å². The molecule has 0 aliphatic carbocycles. The van der Waals surface area contributed by atoms with E-state index in [1.54, 1.807) is 25.1 Å². The highest BCUT2D eigenvalue weighted by Crippen LogP contribution is 2.15. The van der Waals surface area contributed by atoms with E-state index in [-0.39, 0.29) is 12.2 Å². The van der Waals surface area contributed by atoms with Crippen molar-refractivity contribution >= 4 is 11.8 Å². The van der Waals surface area contributed by atoms with E-state index in [1.807, 2.05) is 19.1 Å². The minimum atomic E-state index is -1.31. The number of carboxylic acids is 1. The number of hydrogen-bond acceptors (Lipinski definition) is 4. The molecule has 0 fully saturated rings. The van der Waals surface area contributed by atoms with Crippen LogP contribution in [0.4, 0.5) is 0 Å². The molecular formula is C15H15N2O3-. The number of carbonyl (C=O) groups excluding carboxylic acids is 2. The fourth-order valence-electron chi connectivity index (χ4n) is 1.92. The molecule has 0 saturated carbocycles. The zero-order valence-corrected chi connectivity index (χ0v) is 11.4. The molecule has 5 nitrogen and oxygen atoms in total. The van der Waals surface area contributed by atoms with E-state index in [2.05, 4.69) is 5.10 Å². The Balaban J connectivity index is 2.18. The summed E-state index contributed by atoms with van der Waals surface area (Å²) in [5.74, 6) is -1.55. The number of ketones is 1. The lowest BCUT2D eigenvalue weighted by Crippen LogP contribution is -2.35. The molecule has 0 aliphatic heterocycles. The lowest BCUT2D eigenvalue weighted by atomic mass is 10.0. The first-order valence-corrected chi connectivity index (χ1v) is 6.30. The summed E-state index contributed by atoms with van der Waals surface area (Å²) in [4.78, 5) is 23.3. The third-order valence-electron chi connectivity index (χ3n) is 3.09. The van der Waals surface area contributed by atoms with Gasteiger partial charge in [-0.05, 0) is 19.9 Å². The molecule has 1 atom stereocenters. The van der Waals surface area contributed by atoms with Crippen LogP contribution < -0.4 is 5.11 Å². The fourth-order valence-corrected chi connectivity index (χ4v) is 1.92. The highest BCUT2D eigenvalue weighted by molar-refractivity contribution is 5.98. The highest BCUT2D eigenvalue weighted by Gasteiger charge is 2.18. The number of Topliss-reactive ketones (excluding diaryl/α,β-unsaturated/α-hetero) is 1. The Labute approximate surface area is 116 Å². The largest absolute Gasteiger partial charge is 0.548 e. The molecule has 0 saturated heterocycles. The first-order valence-electron chi connectivity index (χ1n) is 6.30. The second-order valence-corrected chi connectivity index (χ2v) is 4.77. The Morgan fingerprint density at radius 3 is 2.35 bits per heavy atom. The molecular weight excluding hydrogens is 256 g/mol. The number of hydrogen-bond donors (Lipinski definition) is 0. The maximum Gasteiger partial charge on any atom is 0.165 e. The van der Waals surface area contributed by atoms with Gasteiger partial charge in [-0.25, -0.2) is 0 Å². The van der Waals surface area contributed by atoms with Gasteiger partial charge in [0, 0.05) is 18.2 Å². The van der Waals surface area contributed by atoms with Crippen molar-refractivity contribution in [1.29, 1.82) is 0 Å². The Morgan fingerprint density at radius 1 is 1.20 bits per heavy atom. The highest BCUT2D eigenvalue weighted by atomic mass is 16.4. The third kappa shape index (κ3) is 3.12. The summed E-state index contributed by atoms with van der Waals surface area (Å²) in [5, 5.41) is 15.2. The first kappa shape index (κ1) is 14.0. The van der Waals surface area contributed by atoms with Crippen LogP contribution >= 0.6 is 0 Å². The Hall–Kier alpha value is -2.43. The standard InChI is InChI=1S/C15H16N2O3/c1-10-3-5-12(6-4-10)14(18)9-13(15(19)20)17-8-7-11(2)16-17/h3-8,13H,9H2,1-2H3,(H,19,20)/p-1/t13-/m0/s1. The SMILES string of the molecule is Cc1ccc(C(=O)C[C@@H](C(=O)[O-])n2ccc(C)n2)cc1. The van der Waals surface area contributed by atoms with Crippen molar-refractivity contribution in [3.63, 3.8) is 0 Å². The molecule has 0 radical (unpaired) electrons. The van der Waals surface area contributed by atoms with Crippen molar-refractivity contribution in [1.82, 2.24) is 9.78 Å². The Kier molecular flexibility index (Phi) is 3.98. The van der Waals surface area contributed by atoms with Gasteiger partial charge in [-0.1, -0.05) is 29.8 Å². The van der Waals surface area contributed by atoms with E-state index in [1.165, 1.54) is 10.9 Å². The predicted octanol–water partition coefficient (Wildman–Crippen LogP) is 1.06. The van der Waals surface area contributed by atoms with Crippen molar-refractivity contribution < 1.29 is 14.7 Å². The first-order chi connectivity index (χ1) is 9.47. The molecule has 0 amide bonds. The molecule has 0 aliphatic rings. The van der Waals surface area contributed by atoms with Gasteiger partial charge in [0.1, 0.15) is 0 Å². The molecule has 104 valence electrons. The molecule has 5 heteroatoms. The van der Waals surface area contributed by atoms with Gasteiger partial charge in [-0.2, -0.15) is 5.10 Å². The minimum Gasteiger partial charge on any atom is -0.548 e. The Bertz CT molecular complexity index is 629. The van der Waals surface area contributed by atoms with Crippen molar-refractivity contribution in [2.45, 2.75) is 26.3 Å². The lowest BCUT2D eigenvalue weighted by molar-refractivity contribution is -0.310. The average molecular weight is 271 g/mol. The van der Waals surface area contributed by atoms with Crippen LogP contribution in [0.5, 0.6) is 0 Å².